The van der Waals surface area contributed by atoms with Crippen LogP contribution >= 0.6 is 11.3 Å². The van der Waals surface area contributed by atoms with Crippen molar-refractivity contribution in [1.82, 2.24) is 20.0 Å². The first-order chi connectivity index (χ1) is 16.8. The van der Waals surface area contributed by atoms with Gasteiger partial charge in [-0.15, -0.1) is 16.4 Å². The molecule has 178 valence electrons. The summed E-state index contributed by atoms with van der Waals surface area (Å²) in [5, 5.41) is 11.5. The molecule has 0 saturated carbocycles. The maximum atomic E-state index is 12.6. The number of aromatic nitrogens is 4. The lowest BCUT2D eigenvalue weighted by Gasteiger charge is -2.19. The fourth-order valence-corrected chi connectivity index (χ4v) is 5.08. The van der Waals surface area contributed by atoms with Gasteiger partial charge in [-0.1, -0.05) is 37.3 Å². The number of aryl methyl sites for hydroxylation is 1. The number of nitrogens with zero attached hydrogens (tertiary/aromatic N) is 5. The molecule has 10 heteroatoms. The van der Waals surface area contributed by atoms with E-state index in [1.165, 1.54) is 11.3 Å². The highest BCUT2D eigenvalue weighted by atomic mass is 32.1. The first-order valence-electron chi connectivity index (χ1n) is 11.4. The molecule has 2 amide bonds. The fourth-order valence-electron chi connectivity index (χ4n) is 4.23. The maximum Gasteiger partial charge on any atom is 0.278 e. The van der Waals surface area contributed by atoms with E-state index in [0.717, 1.165) is 38.5 Å². The molecule has 0 spiro atoms. The highest BCUT2D eigenvalue weighted by molar-refractivity contribution is 7.16. The summed E-state index contributed by atoms with van der Waals surface area (Å²) in [6.07, 6.45) is 0.802. The summed E-state index contributed by atoms with van der Waals surface area (Å²) >= 11 is 1.37. The Balaban J connectivity index is 1.33. The quantitative estimate of drug-likeness (QED) is 0.461. The second-order valence-electron chi connectivity index (χ2n) is 8.78. The van der Waals surface area contributed by atoms with Gasteiger partial charge < -0.3 is 10.2 Å². The molecule has 2 aromatic heterocycles. The van der Waals surface area contributed by atoms with Crippen LogP contribution in [0.3, 0.4) is 0 Å². The van der Waals surface area contributed by atoms with E-state index in [-0.39, 0.29) is 23.9 Å². The van der Waals surface area contributed by atoms with Crippen molar-refractivity contribution in [1.29, 1.82) is 0 Å². The summed E-state index contributed by atoms with van der Waals surface area (Å²) in [5.41, 5.74) is 3.91. The molecule has 35 heavy (non-hydrogen) atoms. The number of thiazole rings is 1. The molecule has 0 atom stereocenters. The van der Waals surface area contributed by atoms with Crippen molar-refractivity contribution in [2.75, 3.05) is 16.8 Å². The van der Waals surface area contributed by atoms with Gasteiger partial charge in [0.05, 0.1) is 11.1 Å². The molecular weight excluding hydrogens is 464 g/mol. The highest BCUT2D eigenvalue weighted by Gasteiger charge is 2.27. The van der Waals surface area contributed by atoms with E-state index in [4.69, 9.17) is 0 Å². The van der Waals surface area contributed by atoms with E-state index >= 15 is 0 Å². The van der Waals surface area contributed by atoms with Gasteiger partial charge in [-0.25, -0.2) is 9.67 Å². The number of rotatable bonds is 5. The maximum absolute atomic E-state index is 12.6. The third-order valence-electron chi connectivity index (χ3n) is 5.97. The number of carbonyl (C=O) groups excluding carboxylic acids is 2. The minimum Gasteiger partial charge on any atom is -0.312 e. The van der Waals surface area contributed by atoms with Gasteiger partial charge >= 0.3 is 0 Å². The van der Waals surface area contributed by atoms with Crippen molar-refractivity contribution in [3.8, 4) is 11.3 Å². The Morgan fingerprint density at radius 2 is 1.97 bits per heavy atom. The van der Waals surface area contributed by atoms with Gasteiger partial charge in [-0.3, -0.25) is 14.4 Å². The van der Waals surface area contributed by atoms with Gasteiger partial charge in [0.2, 0.25) is 11.8 Å². The molecule has 0 aliphatic carbocycles. The van der Waals surface area contributed by atoms with Crippen LogP contribution in [-0.4, -0.2) is 38.3 Å². The predicted molar refractivity (Wildman–Crippen MR) is 136 cm³/mol. The standard InChI is InChI=1S/C25H24N6O3S/c1-14(2)23(33)30-11-10-16-12-17(8-9-20(16)30)22-15(3)35-25(27-22)26-21(32)13-31-24(34)18-6-4-5-7-19(18)28-29-31/h4-9,12,14H,10-11,13H2,1-3H3,(H,26,27,32). The van der Waals surface area contributed by atoms with Gasteiger partial charge in [0.25, 0.3) is 5.56 Å². The number of fused-ring (bicyclic) bond motifs is 2. The summed E-state index contributed by atoms with van der Waals surface area (Å²) in [6, 6.07) is 12.9. The first-order valence-corrected chi connectivity index (χ1v) is 12.2. The van der Waals surface area contributed by atoms with Crippen LogP contribution in [0, 0.1) is 12.8 Å². The summed E-state index contributed by atoms with van der Waals surface area (Å²) in [7, 11) is 0. The van der Waals surface area contributed by atoms with Crippen LogP contribution < -0.4 is 15.8 Å². The van der Waals surface area contributed by atoms with E-state index < -0.39 is 5.91 Å². The van der Waals surface area contributed by atoms with Gasteiger partial charge in [-0.05, 0) is 43.2 Å². The molecular formula is C25H24N6O3S. The molecule has 5 rings (SSSR count). The average molecular weight is 489 g/mol. The Hall–Kier alpha value is -3.92. The van der Waals surface area contributed by atoms with Crippen LogP contribution in [0.4, 0.5) is 10.8 Å². The third kappa shape index (κ3) is 4.32. The molecule has 0 saturated heterocycles. The summed E-state index contributed by atoms with van der Waals surface area (Å²) in [5.74, 6) is -0.334. The van der Waals surface area contributed by atoms with Crippen LogP contribution in [0.15, 0.2) is 47.3 Å². The van der Waals surface area contributed by atoms with Gasteiger partial charge in [0, 0.05) is 28.6 Å². The van der Waals surface area contributed by atoms with E-state index in [2.05, 4.69) is 26.7 Å². The minimum absolute atomic E-state index is 0.0518. The zero-order valence-electron chi connectivity index (χ0n) is 19.6. The lowest BCUT2D eigenvalue weighted by atomic mass is 10.1. The zero-order valence-corrected chi connectivity index (χ0v) is 20.4. The number of amides is 2. The number of anilines is 2. The molecule has 4 aromatic rings. The molecule has 0 fully saturated rings. The molecule has 0 bridgehead atoms. The smallest absolute Gasteiger partial charge is 0.278 e. The second-order valence-corrected chi connectivity index (χ2v) is 9.98. The van der Waals surface area contributed by atoms with Crippen molar-refractivity contribution in [3.05, 3.63) is 63.3 Å². The Labute approximate surface area is 205 Å². The SMILES string of the molecule is Cc1sc(NC(=O)Cn2nnc3ccccc3c2=O)nc1-c1ccc2c(c1)CCN2C(=O)C(C)C. The Morgan fingerprint density at radius 1 is 1.17 bits per heavy atom. The molecule has 3 heterocycles. The Morgan fingerprint density at radius 3 is 2.77 bits per heavy atom. The molecule has 1 aliphatic heterocycles. The van der Waals surface area contributed by atoms with Crippen molar-refractivity contribution < 1.29 is 9.59 Å². The van der Waals surface area contributed by atoms with Gasteiger partial charge in [-0.2, -0.15) is 0 Å². The van der Waals surface area contributed by atoms with Gasteiger partial charge in [0.15, 0.2) is 5.13 Å². The van der Waals surface area contributed by atoms with Crippen LogP contribution in [0.25, 0.3) is 22.2 Å². The van der Waals surface area contributed by atoms with Crippen LogP contribution in [0.5, 0.6) is 0 Å². The molecule has 2 aromatic carbocycles. The third-order valence-corrected chi connectivity index (χ3v) is 6.86. The van der Waals surface area contributed by atoms with E-state index in [9.17, 15) is 14.4 Å². The van der Waals surface area contributed by atoms with E-state index in [1.54, 1.807) is 24.3 Å². The zero-order chi connectivity index (χ0) is 24.7. The highest BCUT2D eigenvalue weighted by Crippen LogP contribution is 2.36. The molecule has 0 radical (unpaired) electrons. The van der Waals surface area contributed by atoms with Crippen LogP contribution in [0.1, 0.15) is 24.3 Å². The summed E-state index contributed by atoms with van der Waals surface area (Å²) in [4.78, 5) is 45.1. The largest absolute Gasteiger partial charge is 0.312 e. The number of carbonyl (C=O) groups is 2. The van der Waals surface area contributed by atoms with E-state index in [1.807, 2.05) is 37.8 Å². The topological polar surface area (TPSA) is 110 Å². The number of benzene rings is 2. The second kappa shape index (κ2) is 9.03. The van der Waals surface area contributed by atoms with Gasteiger partial charge in [0.1, 0.15) is 12.1 Å². The lowest BCUT2D eigenvalue weighted by Crippen LogP contribution is -2.32. The summed E-state index contributed by atoms with van der Waals surface area (Å²) in [6.45, 7) is 6.19. The normalized spacial score (nSPS) is 12.9. The Kier molecular flexibility index (Phi) is 5.89. The molecule has 9 nitrogen and oxygen atoms in total. The van der Waals surface area contributed by atoms with E-state index in [0.29, 0.717) is 22.6 Å². The first kappa shape index (κ1) is 22.9. The molecule has 1 N–H and O–H groups in total. The molecule has 0 unspecified atom stereocenters. The van der Waals surface area contributed by atoms with Crippen LogP contribution in [0.2, 0.25) is 0 Å². The summed E-state index contributed by atoms with van der Waals surface area (Å²) < 4.78 is 1.05. The van der Waals surface area contributed by atoms with Crippen molar-refractivity contribution >= 4 is 44.9 Å². The fraction of sp³-hybridized carbons (Fsp3) is 0.280. The molecule has 1 aliphatic rings. The Bertz CT molecular complexity index is 1520. The van der Waals surface area contributed by atoms with Crippen molar-refractivity contribution in [3.63, 3.8) is 0 Å². The van der Waals surface area contributed by atoms with Crippen molar-refractivity contribution in [2.24, 2.45) is 5.92 Å². The number of hydrogen-bond donors (Lipinski definition) is 1. The average Bonchev–Trinajstić information content (AvgIpc) is 3.43. The predicted octanol–water partition coefficient (Wildman–Crippen LogP) is 3.41. The van der Waals surface area contributed by atoms with Crippen LogP contribution in [-0.2, 0) is 22.6 Å². The monoisotopic (exact) mass is 488 g/mol. The minimum atomic E-state index is -0.409. The van der Waals surface area contributed by atoms with Crippen molar-refractivity contribution in [2.45, 2.75) is 33.7 Å². The number of nitrogens with one attached hydrogen (secondary N) is 1. The lowest BCUT2D eigenvalue weighted by molar-refractivity contribution is -0.121. The number of hydrogen-bond acceptors (Lipinski definition) is 7.